The summed E-state index contributed by atoms with van der Waals surface area (Å²) >= 11 is 0. The van der Waals surface area contributed by atoms with Gasteiger partial charge in [-0.25, -0.2) is 0 Å². The van der Waals surface area contributed by atoms with Gasteiger partial charge in [0.25, 0.3) is 0 Å². The predicted octanol–water partition coefficient (Wildman–Crippen LogP) is -0.988. The van der Waals surface area contributed by atoms with E-state index in [2.05, 4.69) is 20.8 Å². The van der Waals surface area contributed by atoms with Crippen LogP contribution in [0.3, 0.4) is 0 Å². The summed E-state index contributed by atoms with van der Waals surface area (Å²) in [4.78, 5) is 0. The van der Waals surface area contributed by atoms with Crippen molar-refractivity contribution in [3.63, 3.8) is 0 Å². The molecule has 0 atom stereocenters. The van der Waals surface area contributed by atoms with Gasteiger partial charge >= 0.3 is 0 Å². The summed E-state index contributed by atoms with van der Waals surface area (Å²) in [5.41, 5.74) is 0. The van der Waals surface area contributed by atoms with Crippen LogP contribution >= 0.6 is 0 Å². The normalized spacial score (nSPS) is 6.86. The van der Waals surface area contributed by atoms with Gasteiger partial charge in [0.1, 0.15) is 0 Å². The summed E-state index contributed by atoms with van der Waals surface area (Å²) in [5.74, 6) is 1.50. The molecule has 0 saturated carbocycles. The van der Waals surface area contributed by atoms with Gasteiger partial charge in [0.2, 0.25) is 0 Å². The maximum absolute atomic E-state index is 2.16. The van der Waals surface area contributed by atoms with E-state index in [0.29, 0.717) is 0 Å². The van der Waals surface area contributed by atoms with Crippen molar-refractivity contribution in [1.29, 1.82) is 0 Å². The average molecular weight is 206 g/mol. The molecular formula is C5H11BrMn-. The van der Waals surface area contributed by atoms with Crippen LogP contribution in [0.4, 0.5) is 0 Å². The molecule has 0 aromatic heterocycles. The zero-order valence-corrected chi connectivity index (χ0v) is 7.73. The van der Waals surface area contributed by atoms with Crippen LogP contribution in [0.1, 0.15) is 27.2 Å². The van der Waals surface area contributed by atoms with E-state index in [4.69, 9.17) is 0 Å². The molecule has 0 aromatic rings. The second kappa shape index (κ2) is 10.1. The topological polar surface area (TPSA) is 0 Å². The molecule has 0 saturated heterocycles. The molecule has 0 aromatic carbocycles. The van der Waals surface area contributed by atoms with Gasteiger partial charge in [-0.05, 0) is 5.92 Å². The summed E-state index contributed by atoms with van der Waals surface area (Å²) in [7, 11) is 0. The molecule has 0 nitrogen and oxygen atoms in total. The minimum Gasteiger partial charge on any atom is -1.00 e. The van der Waals surface area contributed by atoms with E-state index in [0.717, 1.165) is 0 Å². The standard InChI is InChI=1S/C5H11.BrH.Mn/c1-4-5(2)3;;/h4H2,1-3H3;1H;/p-1. The van der Waals surface area contributed by atoms with E-state index in [1.54, 1.807) is 0 Å². The minimum atomic E-state index is 0. The molecule has 0 rings (SSSR count). The van der Waals surface area contributed by atoms with Crippen molar-refractivity contribution >= 4 is 0 Å². The van der Waals surface area contributed by atoms with Crippen molar-refractivity contribution in [2.45, 2.75) is 27.2 Å². The molecule has 7 heavy (non-hydrogen) atoms. The Kier molecular flexibility index (Phi) is 22.6. The summed E-state index contributed by atoms with van der Waals surface area (Å²) in [5, 5.41) is 0. The van der Waals surface area contributed by atoms with Crippen LogP contribution in [-0.2, 0) is 17.1 Å². The van der Waals surface area contributed by atoms with Crippen molar-refractivity contribution in [3.05, 3.63) is 5.92 Å². The van der Waals surface area contributed by atoms with Crippen LogP contribution in [-0.4, -0.2) is 0 Å². The Morgan fingerprint density at radius 2 is 1.43 bits per heavy atom. The molecule has 0 heterocycles. The molecule has 0 aliphatic carbocycles. The SMILES string of the molecule is CC[C](C)C.[Br-].[Mn]. The number of hydrogen-bond acceptors (Lipinski definition) is 0. The third-order valence-corrected chi connectivity index (χ3v) is 0.707. The molecule has 0 N–H and O–H groups in total. The quantitative estimate of drug-likeness (QED) is 0.483. The van der Waals surface area contributed by atoms with E-state index in [1.807, 2.05) is 0 Å². The predicted molar refractivity (Wildman–Crippen MR) is 24.9 cm³/mol. The van der Waals surface area contributed by atoms with Crippen LogP contribution in [0.25, 0.3) is 0 Å². The first-order chi connectivity index (χ1) is 2.27. The van der Waals surface area contributed by atoms with Crippen LogP contribution in [0, 0.1) is 5.92 Å². The Hall–Kier alpha value is 0.999. The Labute approximate surface area is 67.3 Å². The van der Waals surface area contributed by atoms with Crippen molar-refractivity contribution in [2.24, 2.45) is 0 Å². The number of halogens is 1. The fraction of sp³-hybridized carbons (Fsp3) is 0.800. The maximum atomic E-state index is 2.16. The van der Waals surface area contributed by atoms with Gasteiger partial charge in [-0.2, -0.15) is 0 Å². The van der Waals surface area contributed by atoms with E-state index in [9.17, 15) is 0 Å². The number of rotatable bonds is 1. The first kappa shape index (κ1) is 15.7. The fourth-order valence-corrected chi connectivity index (χ4v) is 0. The van der Waals surface area contributed by atoms with Gasteiger partial charge in [0.15, 0.2) is 0 Å². The zero-order chi connectivity index (χ0) is 4.28. The van der Waals surface area contributed by atoms with Crippen molar-refractivity contribution in [1.82, 2.24) is 0 Å². The molecule has 0 unspecified atom stereocenters. The first-order valence-corrected chi connectivity index (χ1v) is 2.06. The Bertz CT molecular complexity index is 22.0. The van der Waals surface area contributed by atoms with Crippen molar-refractivity contribution < 1.29 is 34.1 Å². The number of hydrogen-bond donors (Lipinski definition) is 0. The first-order valence-electron chi connectivity index (χ1n) is 2.06. The minimum absolute atomic E-state index is 0. The van der Waals surface area contributed by atoms with Crippen LogP contribution in [0.2, 0.25) is 0 Å². The van der Waals surface area contributed by atoms with Crippen LogP contribution in [0.5, 0.6) is 0 Å². The van der Waals surface area contributed by atoms with Gasteiger partial charge < -0.3 is 17.0 Å². The van der Waals surface area contributed by atoms with E-state index >= 15 is 0 Å². The van der Waals surface area contributed by atoms with E-state index in [1.165, 1.54) is 12.3 Å². The molecule has 0 aliphatic heterocycles. The summed E-state index contributed by atoms with van der Waals surface area (Å²) in [6.45, 7) is 6.44. The third kappa shape index (κ3) is 19.4. The van der Waals surface area contributed by atoms with Crippen LogP contribution < -0.4 is 17.0 Å². The molecule has 2 radical (unpaired) electrons. The molecule has 2 heteroatoms. The van der Waals surface area contributed by atoms with Gasteiger partial charge in [0, 0.05) is 17.1 Å². The molecule has 0 amide bonds. The van der Waals surface area contributed by atoms with E-state index in [-0.39, 0.29) is 34.1 Å². The fourth-order valence-electron chi connectivity index (χ4n) is 0. The summed E-state index contributed by atoms with van der Waals surface area (Å²) < 4.78 is 0. The summed E-state index contributed by atoms with van der Waals surface area (Å²) in [6, 6.07) is 0. The molecule has 0 spiro atoms. The Morgan fingerprint density at radius 1 is 1.29 bits per heavy atom. The summed E-state index contributed by atoms with van der Waals surface area (Å²) in [6.07, 6.45) is 1.22. The van der Waals surface area contributed by atoms with Gasteiger partial charge in [-0.15, -0.1) is 0 Å². The molecule has 0 fully saturated rings. The Morgan fingerprint density at radius 3 is 1.43 bits per heavy atom. The molecule has 46 valence electrons. The van der Waals surface area contributed by atoms with Crippen molar-refractivity contribution in [3.8, 4) is 0 Å². The molecule has 0 aliphatic rings. The molecule has 0 bridgehead atoms. The zero-order valence-electron chi connectivity index (χ0n) is 4.96. The second-order valence-electron chi connectivity index (χ2n) is 1.56. The smallest absolute Gasteiger partial charge is 0 e. The van der Waals surface area contributed by atoms with Crippen LogP contribution in [0.15, 0.2) is 0 Å². The Balaban J connectivity index is -0.0000000800. The van der Waals surface area contributed by atoms with Gasteiger partial charge in [-0.1, -0.05) is 27.2 Å². The largest absolute Gasteiger partial charge is 1.00 e. The second-order valence-corrected chi connectivity index (χ2v) is 1.56. The molecular weight excluding hydrogens is 195 g/mol. The maximum Gasteiger partial charge on any atom is 0 e. The van der Waals surface area contributed by atoms with Gasteiger partial charge in [0.05, 0.1) is 0 Å². The van der Waals surface area contributed by atoms with Gasteiger partial charge in [-0.3, -0.25) is 0 Å². The monoisotopic (exact) mass is 205 g/mol. The third-order valence-electron chi connectivity index (χ3n) is 0.707. The van der Waals surface area contributed by atoms with E-state index < -0.39 is 0 Å². The average Bonchev–Trinajstić information content (AvgIpc) is 1.38. The van der Waals surface area contributed by atoms with Crippen molar-refractivity contribution in [2.75, 3.05) is 0 Å².